The van der Waals surface area contributed by atoms with E-state index in [9.17, 15) is 0 Å². The fraction of sp³-hybridized carbons (Fsp3) is 0.650. The van der Waals surface area contributed by atoms with Crippen LogP contribution in [0.1, 0.15) is 25.7 Å². The van der Waals surface area contributed by atoms with E-state index >= 15 is 0 Å². The van der Waals surface area contributed by atoms with Crippen LogP contribution in [0.2, 0.25) is 0 Å². The zero-order valence-electron chi connectivity index (χ0n) is 16.5. The topological polar surface area (TPSA) is 58.1 Å². The highest BCUT2D eigenvalue weighted by Gasteiger charge is 2.23. The van der Waals surface area contributed by atoms with E-state index in [1.807, 2.05) is 7.05 Å². The Kier molecular flexibility index (Phi) is 10.9. The summed E-state index contributed by atoms with van der Waals surface area (Å²) in [5, 5.41) is 6.95. The van der Waals surface area contributed by atoms with Crippen LogP contribution in [0, 0.1) is 0 Å². The number of nitrogens with one attached hydrogen (secondary N) is 2. The summed E-state index contributed by atoms with van der Waals surface area (Å²) in [6.45, 7) is 5.38. The second kappa shape index (κ2) is 12.9. The lowest BCUT2D eigenvalue weighted by Gasteiger charge is -2.22. The molecule has 8 heteroatoms. The molecule has 0 aliphatic carbocycles. The molecule has 1 aromatic rings. The first-order valence-electron chi connectivity index (χ1n) is 9.91. The minimum Gasteiger partial charge on any atom is -0.381 e. The molecular weight excluding hydrogens is 535 g/mol. The minimum absolute atomic E-state index is 0. The normalized spacial score (nSPS) is 20.7. The number of ether oxygens (including phenoxy) is 2. The number of aliphatic imine (C=N–C) groups is 1. The van der Waals surface area contributed by atoms with Gasteiger partial charge in [0.15, 0.2) is 5.96 Å². The number of rotatable bonds is 7. The van der Waals surface area contributed by atoms with Gasteiger partial charge in [-0.3, -0.25) is 4.99 Å². The van der Waals surface area contributed by atoms with Crippen LogP contribution in [0.25, 0.3) is 0 Å². The van der Waals surface area contributed by atoms with Crippen molar-refractivity contribution in [1.29, 1.82) is 0 Å². The smallest absolute Gasteiger partial charge is 0.191 e. The van der Waals surface area contributed by atoms with Crippen LogP contribution in [0.4, 0.5) is 5.69 Å². The Morgan fingerprint density at radius 2 is 2.00 bits per heavy atom. The van der Waals surface area contributed by atoms with E-state index in [1.165, 1.54) is 5.69 Å². The Labute approximate surface area is 194 Å². The molecule has 1 aromatic carbocycles. The van der Waals surface area contributed by atoms with Crippen molar-refractivity contribution in [1.82, 2.24) is 10.6 Å². The molecule has 0 radical (unpaired) electrons. The fourth-order valence-corrected chi connectivity index (χ4v) is 3.79. The van der Waals surface area contributed by atoms with Gasteiger partial charge < -0.3 is 25.0 Å². The van der Waals surface area contributed by atoms with Gasteiger partial charge in [-0.25, -0.2) is 0 Å². The third-order valence-electron chi connectivity index (χ3n) is 5.08. The minimum atomic E-state index is 0. The molecule has 2 heterocycles. The van der Waals surface area contributed by atoms with Gasteiger partial charge in [-0.05, 0) is 49.9 Å². The molecule has 28 heavy (non-hydrogen) atoms. The van der Waals surface area contributed by atoms with Crippen molar-refractivity contribution in [2.75, 3.05) is 51.4 Å². The van der Waals surface area contributed by atoms with E-state index < -0.39 is 0 Å². The van der Waals surface area contributed by atoms with E-state index in [-0.39, 0.29) is 24.0 Å². The highest BCUT2D eigenvalue weighted by atomic mass is 127. The van der Waals surface area contributed by atoms with Gasteiger partial charge in [0, 0.05) is 62.7 Å². The number of nitrogens with zero attached hydrogens (tertiary/aromatic N) is 2. The predicted molar refractivity (Wildman–Crippen MR) is 129 cm³/mol. The summed E-state index contributed by atoms with van der Waals surface area (Å²) >= 11 is 3.50. The predicted octanol–water partition coefficient (Wildman–Crippen LogP) is 3.40. The van der Waals surface area contributed by atoms with E-state index in [1.54, 1.807) is 0 Å². The Balaban J connectivity index is 0.00000280. The van der Waals surface area contributed by atoms with Gasteiger partial charge in [0.1, 0.15) is 0 Å². The summed E-state index contributed by atoms with van der Waals surface area (Å²) in [7, 11) is 1.83. The lowest BCUT2D eigenvalue weighted by molar-refractivity contribution is -0.0320. The molecule has 2 aliphatic heterocycles. The third kappa shape index (κ3) is 7.68. The van der Waals surface area contributed by atoms with Gasteiger partial charge in [-0.2, -0.15) is 0 Å². The Bertz CT molecular complexity index is 596. The van der Waals surface area contributed by atoms with Crippen LogP contribution in [0.5, 0.6) is 0 Å². The number of halogens is 2. The molecular formula is C20H32BrIN4O2. The van der Waals surface area contributed by atoms with Gasteiger partial charge >= 0.3 is 0 Å². The van der Waals surface area contributed by atoms with Gasteiger partial charge in [0.25, 0.3) is 0 Å². The summed E-state index contributed by atoms with van der Waals surface area (Å²) in [4.78, 5) is 6.78. The molecule has 2 N–H and O–H groups in total. The average Bonchev–Trinajstić information content (AvgIpc) is 3.16. The molecule has 1 atom stereocenters. The average molecular weight is 567 g/mol. The van der Waals surface area contributed by atoms with Crippen molar-refractivity contribution >= 4 is 51.6 Å². The van der Waals surface area contributed by atoms with Crippen molar-refractivity contribution in [3.05, 3.63) is 28.7 Å². The molecule has 1 unspecified atom stereocenters. The number of hydrogen-bond donors (Lipinski definition) is 2. The van der Waals surface area contributed by atoms with E-state index in [0.717, 1.165) is 75.6 Å². The summed E-state index contributed by atoms with van der Waals surface area (Å²) < 4.78 is 12.4. The standard InChI is InChI=1S/C20H31BrN4O2.HI/c1-22-20(23-10-2-12-27-19-8-13-26-14-9-19)24-17-7-11-25(15-17)18-5-3-16(21)4-6-18;/h3-6,17,19H,2,7-15H2,1H3,(H2,22,23,24);1H. The van der Waals surface area contributed by atoms with Crippen LogP contribution in [0.15, 0.2) is 33.7 Å². The molecule has 2 fully saturated rings. The molecule has 158 valence electrons. The number of anilines is 1. The molecule has 6 nitrogen and oxygen atoms in total. The molecule has 0 amide bonds. The second-order valence-corrected chi connectivity index (χ2v) is 8.00. The molecule has 0 spiro atoms. The fourth-order valence-electron chi connectivity index (χ4n) is 3.52. The van der Waals surface area contributed by atoms with Gasteiger partial charge in [0.05, 0.1) is 6.10 Å². The zero-order valence-corrected chi connectivity index (χ0v) is 20.4. The number of guanidine groups is 1. The van der Waals surface area contributed by atoms with Crippen LogP contribution >= 0.6 is 39.9 Å². The summed E-state index contributed by atoms with van der Waals surface area (Å²) in [6.07, 6.45) is 4.51. The van der Waals surface area contributed by atoms with Gasteiger partial charge in [0.2, 0.25) is 0 Å². The van der Waals surface area contributed by atoms with Crippen LogP contribution < -0.4 is 15.5 Å². The third-order valence-corrected chi connectivity index (χ3v) is 5.61. The monoisotopic (exact) mass is 566 g/mol. The van der Waals surface area contributed by atoms with Crippen molar-refractivity contribution in [2.24, 2.45) is 4.99 Å². The Hall–Kier alpha value is -0.580. The zero-order chi connectivity index (χ0) is 18.9. The van der Waals surface area contributed by atoms with E-state index in [0.29, 0.717) is 12.1 Å². The van der Waals surface area contributed by atoms with Gasteiger partial charge in [-0.1, -0.05) is 15.9 Å². The molecule has 2 saturated heterocycles. The van der Waals surface area contributed by atoms with Crippen LogP contribution in [-0.4, -0.2) is 64.6 Å². The highest BCUT2D eigenvalue weighted by molar-refractivity contribution is 14.0. The lowest BCUT2D eigenvalue weighted by Crippen LogP contribution is -2.45. The first-order chi connectivity index (χ1) is 13.2. The molecule has 0 saturated carbocycles. The maximum atomic E-state index is 5.91. The van der Waals surface area contributed by atoms with Gasteiger partial charge in [-0.15, -0.1) is 24.0 Å². The first kappa shape index (κ1) is 23.7. The number of hydrogen-bond acceptors (Lipinski definition) is 4. The second-order valence-electron chi connectivity index (χ2n) is 7.09. The van der Waals surface area contributed by atoms with E-state index in [4.69, 9.17) is 9.47 Å². The maximum absolute atomic E-state index is 5.91. The van der Waals surface area contributed by atoms with Crippen LogP contribution in [-0.2, 0) is 9.47 Å². The largest absolute Gasteiger partial charge is 0.381 e. The summed E-state index contributed by atoms with van der Waals surface area (Å²) in [6, 6.07) is 8.94. The van der Waals surface area contributed by atoms with E-state index in [2.05, 4.69) is 60.7 Å². The Morgan fingerprint density at radius 3 is 2.71 bits per heavy atom. The summed E-state index contributed by atoms with van der Waals surface area (Å²) in [5.74, 6) is 0.878. The van der Waals surface area contributed by atoms with Crippen molar-refractivity contribution in [3.8, 4) is 0 Å². The number of benzene rings is 1. The highest BCUT2D eigenvalue weighted by Crippen LogP contribution is 2.22. The van der Waals surface area contributed by atoms with Crippen LogP contribution in [0.3, 0.4) is 0 Å². The molecule has 0 aromatic heterocycles. The first-order valence-corrected chi connectivity index (χ1v) is 10.7. The molecule has 0 bridgehead atoms. The molecule has 3 rings (SSSR count). The molecule has 2 aliphatic rings. The maximum Gasteiger partial charge on any atom is 0.191 e. The Morgan fingerprint density at radius 1 is 1.25 bits per heavy atom. The summed E-state index contributed by atoms with van der Waals surface area (Å²) in [5.41, 5.74) is 1.27. The lowest BCUT2D eigenvalue weighted by atomic mass is 10.1. The van der Waals surface area contributed by atoms with Crippen molar-refractivity contribution in [3.63, 3.8) is 0 Å². The quantitative estimate of drug-likeness (QED) is 0.229. The van der Waals surface area contributed by atoms with Crippen molar-refractivity contribution in [2.45, 2.75) is 37.8 Å². The van der Waals surface area contributed by atoms with Crippen molar-refractivity contribution < 1.29 is 9.47 Å². The SMILES string of the molecule is CN=C(NCCCOC1CCOCC1)NC1CCN(c2ccc(Br)cc2)C1.I.